The van der Waals surface area contributed by atoms with Crippen LogP contribution in [0.3, 0.4) is 0 Å². The van der Waals surface area contributed by atoms with E-state index in [0.717, 1.165) is 13.0 Å². The number of esters is 1. The summed E-state index contributed by atoms with van der Waals surface area (Å²) in [6.45, 7) is 5.70. The van der Waals surface area contributed by atoms with Crippen LogP contribution in [0.4, 0.5) is 0 Å². The summed E-state index contributed by atoms with van der Waals surface area (Å²) >= 11 is 0. The predicted molar refractivity (Wildman–Crippen MR) is 55.0 cm³/mol. The SMILES string of the molecule is CCCN(CCO)C(C)CC(=O)OC. The molecule has 4 nitrogen and oxygen atoms in total. The van der Waals surface area contributed by atoms with E-state index in [1.165, 1.54) is 7.11 Å². The van der Waals surface area contributed by atoms with Crippen molar-refractivity contribution in [3.8, 4) is 0 Å². The number of nitrogens with zero attached hydrogens (tertiary/aromatic N) is 1. The number of hydrogen-bond acceptors (Lipinski definition) is 4. The van der Waals surface area contributed by atoms with Crippen LogP contribution in [0.25, 0.3) is 0 Å². The van der Waals surface area contributed by atoms with Crippen LogP contribution >= 0.6 is 0 Å². The van der Waals surface area contributed by atoms with E-state index in [4.69, 9.17) is 5.11 Å². The quantitative estimate of drug-likeness (QED) is 0.617. The number of aliphatic hydroxyl groups excluding tert-OH is 1. The normalized spacial score (nSPS) is 12.9. The maximum atomic E-state index is 11.0. The maximum absolute atomic E-state index is 11.0. The Morgan fingerprint density at radius 2 is 2.14 bits per heavy atom. The highest BCUT2D eigenvalue weighted by molar-refractivity contribution is 5.69. The van der Waals surface area contributed by atoms with Crippen LogP contribution in [-0.2, 0) is 9.53 Å². The van der Waals surface area contributed by atoms with Gasteiger partial charge in [0.15, 0.2) is 0 Å². The molecule has 14 heavy (non-hydrogen) atoms. The van der Waals surface area contributed by atoms with Gasteiger partial charge in [0.05, 0.1) is 20.1 Å². The first-order valence-electron chi connectivity index (χ1n) is 5.07. The molecule has 0 rings (SSSR count). The van der Waals surface area contributed by atoms with Gasteiger partial charge in [0.25, 0.3) is 0 Å². The second kappa shape index (κ2) is 7.76. The number of carbonyl (C=O) groups is 1. The number of hydrogen-bond donors (Lipinski definition) is 1. The van der Waals surface area contributed by atoms with Crippen molar-refractivity contribution in [2.75, 3.05) is 26.8 Å². The number of methoxy groups -OCH3 is 1. The molecule has 0 aromatic carbocycles. The van der Waals surface area contributed by atoms with Crippen molar-refractivity contribution in [1.29, 1.82) is 0 Å². The van der Waals surface area contributed by atoms with Crippen LogP contribution < -0.4 is 0 Å². The fourth-order valence-electron chi connectivity index (χ4n) is 1.42. The molecule has 0 aliphatic rings. The highest BCUT2D eigenvalue weighted by atomic mass is 16.5. The summed E-state index contributed by atoms with van der Waals surface area (Å²) in [5.74, 6) is -0.198. The van der Waals surface area contributed by atoms with Crippen molar-refractivity contribution in [1.82, 2.24) is 4.90 Å². The first-order valence-corrected chi connectivity index (χ1v) is 5.07. The van der Waals surface area contributed by atoms with Gasteiger partial charge in [-0.3, -0.25) is 9.69 Å². The molecule has 0 aromatic rings. The average Bonchev–Trinajstić information content (AvgIpc) is 2.17. The summed E-state index contributed by atoms with van der Waals surface area (Å²) in [6.07, 6.45) is 1.40. The lowest BCUT2D eigenvalue weighted by atomic mass is 10.2. The van der Waals surface area contributed by atoms with Crippen LogP contribution in [0, 0.1) is 0 Å². The molecule has 0 aromatic heterocycles. The van der Waals surface area contributed by atoms with Gasteiger partial charge in [-0.2, -0.15) is 0 Å². The Hall–Kier alpha value is -0.610. The van der Waals surface area contributed by atoms with Crippen LogP contribution in [0.2, 0.25) is 0 Å². The zero-order valence-corrected chi connectivity index (χ0v) is 9.32. The van der Waals surface area contributed by atoms with Crippen molar-refractivity contribution in [3.63, 3.8) is 0 Å². The number of rotatable bonds is 7. The van der Waals surface area contributed by atoms with Crippen LogP contribution in [0.1, 0.15) is 26.7 Å². The summed E-state index contributed by atoms with van der Waals surface area (Å²) in [6, 6.07) is 0.134. The third kappa shape index (κ3) is 5.19. The van der Waals surface area contributed by atoms with Gasteiger partial charge in [-0.1, -0.05) is 6.92 Å². The number of carbonyl (C=O) groups excluding carboxylic acids is 1. The number of ether oxygens (including phenoxy) is 1. The molecule has 4 heteroatoms. The molecule has 1 atom stereocenters. The van der Waals surface area contributed by atoms with Crippen molar-refractivity contribution in [2.45, 2.75) is 32.7 Å². The fraction of sp³-hybridized carbons (Fsp3) is 0.900. The molecule has 0 bridgehead atoms. The minimum absolute atomic E-state index is 0.130. The Morgan fingerprint density at radius 1 is 1.50 bits per heavy atom. The first kappa shape index (κ1) is 13.4. The highest BCUT2D eigenvalue weighted by Crippen LogP contribution is 2.05. The molecular formula is C10H21NO3. The average molecular weight is 203 g/mol. The zero-order valence-electron chi connectivity index (χ0n) is 9.32. The molecule has 0 amide bonds. The third-order valence-electron chi connectivity index (χ3n) is 2.21. The molecule has 1 unspecified atom stereocenters. The lowest BCUT2D eigenvalue weighted by Gasteiger charge is -2.27. The van der Waals surface area contributed by atoms with Crippen LogP contribution in [-0.4, -0.2) is 48.8 Å². The van der Waals surface area contributed by atoms with E-state index < -0.39 is 0 Å². The molecule has 0 saturated carbocycles. The minimum atomic E-state index is -0.198. The van der Waals surface area contributed by atoms with Crippen molar-refractivity contribution in [3.05, 3.63) is 0 Å². The molecule has 0 spiro atoms. The van der Waals surface area contributed by atoms with Gasteiger partial charge < -0.3 is 9.84 Å². The summed E-state index contributed by atoms with van der Waals surface area (Å²) in [5.41, 5.74) is 0. The van der Waals surface area contributed by atoms with Gasteiger partial charge in [0.2, 0.25) is 0 Å². The smallest absolute Gasteiger partial charge is 0.307 e. The van der Waals surface area contributed by atoms with E-state index in [1.54, 1.807) is 0 Å². The van der Waals surface area contributed by atoms with Gasteiger partial charge in [0, 0.05) is 12.6 Å². The van der Waals surface area contributed by atoms with E-state index in [0.29, 0.717) is 13.0 Å². The summed E-state index contributed by atoms with van der Waals surface area (Å²) < 4.78 is 4.60. The van der Waals surface area contributed by atoms with Crippen molar-refractivity contribution >= 4 is 5.97 Å². The second-order valence-electron chi connectivity index (χ2n) is 3.39. The topological polar surface area (TPSA) is 49.8 Å². The Bertz CT molecular complexity index is 155. The Balaban J connectivity index is 3.99. The molecule has 0 fully saturated rings. The van der Waals surface area contributed by atoms with E-state index in [9.17, 15) is 4.79 Å². The zero-order chi connectivity index (χ0) is 11.0. The van der Waals surface area contributed by atoms with Gasteiger partial charge in [-0.15, -0.1) is 0 Å². The monoisotopic (exact) mass is 203 g/mol. The Kier molecular flexibility index (Phi) is 7.42. The van der Waals surface area contributed by atoms with Gasteiger partial charge in [-0.05, 0) is 19.9 Å². The molecule has 0 heterocycles. The van der Waals surface area contributed by atoms with Crippen molar-refractivity contribution in [2.24, 2.45) is 0 Å². The molecule has 0 aliphatic carbocycles. The molecule has 0 saturated heterocycles. The fourth-order valence-corrected chi connectivity index (χ4v) is 1.42. The van der Waals surface area contributed by atoms with Crippen LogP contribution in [0.5, 0.6) is 0 Å². The standard InChI is InChI=1S/C10H21NO3/c1-4-5-11(6-7-12)9(2)8-10(13)14-3/h9,12H,4-8H2,1-3H3. The Labute approximate surface area is 85.9 Å². The predicted octanol–water partition coefficient (Wildman–Crippen LogP) is 0.642. The summed E-state index contributed by atoms with van der Waals surface area (Å²) in [7, 11) is 1.39. The van der Waals surface area contributed by atoms with Gasteiger partial charge in [-0.25, -0.2) is 0 Å². The lowest BCUT2D eigenvalue weighted by Crippen LogP contribution is -2.37. The van der Waals surface area contributed by atoms with E-state index >= 15 is 0 Å². The van der Waals surface area contributed by atoms with Gasteiger partial charge in [0.1, 0.15) is 0 Å². The summed E-state index contributed by atoms with van der Waals surface area (Å²) in [4.78, 5) is 13.1. The molecule has 0 aliphatic heterocycles. The number of aliphatic hydroxyl groups is 1. The largest absolute Gasteiger partial charge is 0.469 e. The van der Waals surface area contributed by atoms with Gasteiger partial charge >= 0.3 is 5.97 Å². The maximum Gasteiger partial charge on any atom is 0.307 e. The van der Waals surface area contributed by atoms with E-state index in [-0.39, 0.29) is 18.6 Å². The van der Waals surface area contributed by atoms with E-state index in [2.05, 4.69) is 16.6 Å². The van der Waals surface area contributed by atoms with Crippen LogP contribution in [0.15, 0.2) is 0 Å². The summed E-state index contributed by atoms with van der Waals surface area (Å²) in [5, 5.41) is 8.85. The lowest BCUT2D eigenvalue weighted by molar-refractivity contribution is -0.142. The third-order valence-corrected chi connectivity index (χ3v) is 2.21. The molecule has 1 N–H and O–H groups in total. The molecular weight excluding hydrogens is 182 g/mol. The molecule has 0 radical (unpaired) electrons. The van der Waals surface area contributed by atoms with E-state index in [1.807, 2.05) is 6.92 Å². The van der Waals surface area contributed by atoms with Crippen molar-refractivity contribution < 1.29 is 14.6 Å². The highest BCUT2D eigenvalue weighted by Gasteiger charge is 2.16. The Morgan fingerprint density at radius 3 is 2.57 bits per heavy atom. The first-order chi connectivity index (χ1) is 6.65. The molecule has 84 valence electrons. The second-order valence-corrected chi connectivity index (χ2v) is 3.39. The minimum Gasteiger partial charge on any atom is -0.469 e.